The summed E-state index contributed by atoms with van der Waals surface area (Å²) in [6.07, 6.45) is 0. The first kappa shape index (κ1) is 14.0. The molecule has 4 aromatic carbocycles. The first-order valence-electron chi connectivity index (χ1n) is 7.67. The molecule has 0 spiro atoms. The van der Waals surface area contributed by atoms with Crippen molar-refractivity contribution in [2.24, 2.45) is 0 Å². The highest BCUT2D eigenvalue weighted by atomic mass is 35.5. The molecule has 0 heterocycles. The zero-order valence-corrected chi connectivity index (χ0v) is 13.3. The van der Waals surface area contributed by atoms with Gasteiger partial charge in [0.05, 0.1) is 0 Å². The van der Waals surface area contributed by atoms with Crippen molar-refractivity contribution in [2.75, 3.05) is 0 Å². The van der Waals surface area contributed by atoms with Gasteiger partial charge in [0.1, 0.15) is 0 Å². The highest BCUT2D eigenvalue weighted by Crippen LogP contribution is 2.38. The lowest BCUT2D eigenvalue weighted by atomic mass is 9.91. The smallest absolute Gasteiger partial charge is 0.0484 e. The fraction of sp³-hybridized carbons (Fsp3) is 0. The van der Waals surface area contributed by atoms with E-state index in [0.29, 0.717) is 0 Å². The minimum atomic E-state index is 0.780. The van der Waals surface area contributed by atoms with Crippen molar-refractivity contribution in [3.05, 3.63) is 96.0 Å². The Balaban J connectivity index is 2.09. The molecule has 0 radical (unpaired) electrons. The molecule has 23 heavy (non-hydrogen) atoms. The average molecular weight is 315 g/mol. The Kier molecular flexibility index (Phi) is 3.61. The van der Waals surface area contributed by atoms with Gasteiger partial charge in [-0.1, -0.05) is 96.5 Å². The maximum Gasteiger partial charge on any atom is 0.0484 e. The van der Waals surface area contributed by atoms with Gasteiger partial charge in [-0.3, -0.25) is 0 Å². The van der Waals surface area contributed by atoms with Gasteiger partial charge in [0, 0.05) is 10.6 Å². The quantitative estimate of drug-likeness (QED) is 0.380. The van der Waals surface area contributed by atoms with Crippen LogP contribution in [0.1, 0.15) is 0 Å². The summed E-state index contributed by atoms with van der Waals surface area (Å²) in [7, 11) is 0. The van der Waals surface area contributed by atoms with E-state index < -0.39 is 0 Å². The van der Waals surface area contributed by atoms with E-state index in [-0.39, 0.29) is 0 Å². The Labute approximate surface area is 141 Å². The van der Waals surface area contributed by atoms with Gasteiger partial charge in [0.2, 0.25) is 0 Å². The Morgan fingerprint density at radius 1 is 0.478 bits per heavy atom. The van der Waals surface area contributed by atoms with Crippen molar-refractivity contribution in [1.29, 1.82) is 0 Å². The fourth-order valence-electron chi connectivity index (χ4n) is 3.10. The summed E-state index contributed by atoms with van der Waals surface area (Å²) in [6, 6.07) is 31.4. The van der Waals surface area contributed by atoms with Crippen LogP contribution in [0.3, 0.4) is 0 Å². The van der Waals surface area contributed by atoms with Crippen molar-refractivity contribution in [3.63, 3.8) is 0 Å². The molecule has 0 saturated heterocycles. The third-order valence-electron chi connectivity index (χ3n) is 4.15. The van der Waals surface area contributed by atoms with E-state index >= 15 is 0 Å². The van der Waals surface area contributed by atoms with E-state index in [0.717, 1.165) is 10.6 Å². The summed E-state index contributed by atoms with van der Waals surface area (Å²) < 4.78 is 0. The second kappa shape index (κ2) is 5.91. The molecule has 0 aliphatic carbocycles. The second-order valence-corrected chi connectivity index (χ2v) is 5.96. The van der Waals surface area contributed by atoms with Crippen molar-refractivity contribution in [1.82, 2.24) is 0 Å². The number of hydrogen-bond donors (Lipinski definition) is 0. The summed E-state index contributed by atoms with van der Waals surface area (Å²) in [4.78, 5) is 0. The maximum atomic E-state index is 6.46. The molecule has 0 bridgehead atoms. The third kappa shape index (κ3) is 2.52. The molecular formula is C22H15Cl. The molecule has 4 aromatic rings. The molecule has 0 unspecified atom stereocenters. The predicted molar refractivity (Wildman–Crippen MR) is 99.8 cm³/mol. The van der Waals surface area contributed by atoms with Crippen LogP contribution in [0.15, 0.2) is 91.0 Å². The Morgan fingerprint density at radius 2 is 1.09 bits per heavy atom. The Bertz CT molecular complexity index is 966. The first-order chi connectivity index (χ1) is 11.3. The van der Waals surface area contributed by atoms with E-state index in [1.54, 1.807) is 0 Å². The van der Waals surface area contributed by atoms with Crippen molar-refractivity contribution < 1.29 is 0 Å². The van der Waals surface area contributed by atoms with Gasteiger partial charge in [0.15, 0.2) is 0 Å². The minimum Gasteiger partial charge on any atom is -0.0837 e. The largest absolute Gasteiger partial charge is 0.0837 e. The SMILES string of the molecule is Clc1ccccc1-c1cccc2cccc(-c3ccccc3)c12. The fourth-order valence-corrected chi connectivity index (χ4v) is 3.34. The maximum absolute atomic E-state index is 6.46. The molecule has 110 valence electrons. The highest BCUT2D eigenvalue weighted by Gasteiger charge is 2.11. The van der Waals surface area contributed by atoms with Gasteiger partial charge in [-0.2, -0.15) is 0 Å². The van der Waals surface area contributed by atoms with Gasteiger partial charge in [-0.15, -0.1) is 0 Å². The second-order valence-electron chi connectivity index (χ2n) is 5.56. The summed E-state index contributed by atoms with van der Waals surface area (Å²) in [5.41, 5.74) is 4.70. The summed E-state index contributed by atoms with van der Waals surface area (Å²) in [5, 5.41) is 3.25. The molecule has 4 rings (SSSR count). The normalized spacial score (nSPS) is 10.8. The van der Waals surface area contributed by atoms with E-state index in [4.69, 9.17) is 11.6 Å². The molecule has 0 N–H and O–H groups in total. The van der Waals surface area contributed by atoms with Gasteiger partial charge in [-0.05, 0) is 33.5 Å². The number of halogens is 1. The van der Waals surface area contributed by atoms with Gasteiger partial charge in [0.25, 0.3) is 0 Å². The van der Waals surface area contributed by atoms with Crippen LogP contribution < -0.4 is 0 Å². The first-order valence-corrected chi connectivity index (χ1v) is 8.04. The average Bonchev–Trinajstić information content (AvgIpc) is 2.62. The van der Waals surface area contributed by atoms with Crippen LogP contribution in [-0.4, -0.2) is 0 Å². The summed E-state index contributed by atoms with van der Waals surface area (Å²) >= 11 is 6.46. The molecule has 0 aliphatic rings. The zero-order chi connectivity index (χ0) is 15.6. The van der Waals surface area contributed by atoms with E-state index in [9.17, 15) is 0 Å². The van der Waals surface area contributed by atoms with Crippen molar-refractivity contribution in [3.8, 4) is 22.3 Å². The minimum absolute atomic E-state index is 0.780. The molecule has 0 fully saturated rings. The van der Waals surface area contributed by atoms with E-state index in [1.807, 2.05) is 24.3 Å². The molecule has 0 nitrogen and oxygen atoms in total. The predicted octanol–water partition coefficient (Wildman–Crippen LogP) is 6.83. The van der Waals surface area contributed by atoms with Crippen LogP contribution in [0.2, 0.25) is 5.02 Å². The van der Waals surface area contributed by atoms with Crippen molar-refractivity contribution >= 4 is 22.4 Å². The molecule has 1 heteroatoms. The zero-order valence-electron chi connectivity index (χ0n) is 12.5. The Hall–Kier alpha value is -2.57. The number of rotatable bonds is 2. The van der Waals surface area contributed by atoms with Crippen LogP contribution in [0.5, 0.6) is 0 Å². The molecule has 0 saturated carbocycles. The number of fused-ring (bicyclic) bond motifs is 1. The van der Waals surface area contributed by atoms with Crippen LogP contribution in [-0.2, 0) is 0 Å². The Morgan fingerprint density at radius 3 is 1.83 bits per heavy atom. The summed E-state index contributed by atoms with van der Waals surface area (Å²) in [6.45, 7) is 0. The van der Waals surface area contributed by atoms with Crippen molar-refractivity contribution in [2.45, 2.75) is 0 Å². The van der Waals surface area contributed by atoms with Crippen LogP contribution in [0.4, 0.5) is 0 Å². The van der Waals surface area contributed by atoms with Gasteiger partial charge >= 0.3 is 0 Å². The highest BCUT2D eigenvalue weighted by molar-refractivity contribution is 6.33. The van der Waals surface area contributed by atoms with E-state index in [2.05, 4.69) is 66.7 Å². The van der Waals surface area contributed by atoms with Crippen LogP contribution in [0, 0.1) is 0 Å². The monoisotopic (exact) mass is 314 g/mol. The number of benzene rings is 4. The lowest BCUT2D eigenvalue weighted by Gasteiger charge is -2.13. The van der Waals surface area contributed by atoms with E-state index in [1.165, 1.54) is 27.5 Å². The lowest BCUT2D eigenvalue weighted by Crippen LogP contribution is -1.87. The number of hydrogen-bond acceptors (Lipinski definition) is 0. The topological polar surface area (TPSA) is 0 Å². The van der Waals surface area contributed by atoms with Crippen LogP contribution in [0.25, 0.3) is 33.0 Å². The standard InChI is InChI=1S/C22H15Cl/c23-21-15-5-4-12-19(21)20-14-7-11-17-10-6-13-18(22(17)20)16-8-2-1-3-9-16/h1-15H. The van der Waals surface area contributed by atoms with Gasteiger partial charge in [-0.25, -0.2) is 0 Å². The molecule has 0 atom stereocenters. The third-order valence-corrected chi connectivity index (χ3v) is 4.48. The molecule has 0 amide bonds. The lowest BCUT2D eigenvalue weighted by molar-refractivity contribution is 1.62. The summed E-state index contributed by atoms with van der Waals surface area (Å²) in [5.74, 6) is 0. The molecular weight excluding hydrogens is 300 g/mol. The van der Waals surface area contributed by atoms with Crippen LogP contribution >= 0.6 is 11.6 Å². The molecule has 0 aromatic heterocycles. The molecule has 0 aliphatic heterocycles. The van der Waals surface area contributed by atoms with Gasteiger partial charge < -0.3 is 0 Å².